The quantitative estimate of drug-likeness (QED) is 0.606. The number of nitrogens with zero attached hydrogens (tertiary/aromatic N) is 1. The predicted molar refractivity (Wildman–Crippen MR) is 36.6 cm³/mol. The second-order valence-electron chi connectivity index (χ2n) is 1.72. The van der Waals surface area contributed by atoms with Crippen LogP contribution in [0.25, 0.3) is 0 Å². The van der Waals surface area contributed by atoms with Crippen molar-refractivity contribution in [2.75, 3.05) is 6.54 Å². The molecule has 53 valence electrons. The number of urea groups is 1. The summed E-state index contributed by atoms with van der Waals surface area (Å²) in [5.74, 6) is 0. The Bertz CT molecular complexity index is 93.1. The number of amides is 2. The second kappa shape index (κ2) is 4.18. The van der Waals surface area contributed by atoms with Crippen LogP contribution in [0.4, 0.5) is 4.79 Å². The van der Waals surface area contributed by atoms with Crippen LogP contribution in [0, 0.1) is 6.54 Å². The van der Waals surface area contributed by atoms with Crippen molar-refractivity contribution in [1.29, 1.82) is 0 Å². The molecule has 0 saturated carbocycles. The molecule has 3 nitrogen and oxygen atoms in total. The molecule has 0 rings (SSSR count). The fourth-order valence-electron chi connectivity index (χ4n) is 0.595. The molecule has 0 spiro atoms. The molecule has 2 N–H and O–H groups in total. The largest absolute Gasteiger partial charge is 0.351 e. The molecule has 0 aliphatic heterocycles. The fourth-order valence-corrected chi connectivity index (χ4v) is 0.595. The molecule has 0 atom stereocenters. The van der Waals surface area contributed by atoms with Crippen molar-refractivity contribution in [2.24, 2.45) is 5.73 Å². The van der Waals surface area contributed by atoms with Crippen LogP contribution in [-0.2, 0) is 0 Å². The molecule has 0 aliphatic rings. The molecule has 0 aromatic heterocycles. The minimum absolute atomic E-state index is 0.376. The zero-order valence-corrected chi connectivity index (χ0v) is 5.92. The lowest BCUT2D eigenvalue weighted by Gasteiger charge is -2.15. The van der Waals surface area contributed by atoms with Crippen LogP contribution in [0.5, 0.6) is 0 Å². The average molecular weight is 129 g/mol. The van der Waals surface area contributed by atoms with Gasteiger partial charge in [-0.25, -0.2) is 4.79 Å². The van der Waals surface area contributed by atoms with Gasteiger partial charge in [0.25, 0.3) is 0 Å². The summed E-state index contributed by atoms with van der Waals surface area (Å²) >= 11 is 0. The number of nitrogens with two attached hydrogens (primary N) is 1. The van der Waals surface area contributed by atoms with Gasteiger partial charge in [-0.2, -0.15) is 0 Å². The third kappa shape index (κ3) is 2.95. The molecule has 0 saturated heterocycles. The predicted octanol–water partition coefficient (Wildman–Crippen LogP) is 0.959. The fraction of sp³-hybridized carbons (Fsp3) is 0.667. The first-order valence-corrected chi connectivity index (χ1v) is 3.11. The summed E-state index contributed by atoms with van der Waals surface area (Å²) in [6.45, 7) is 6.29. The van der Waals surface area contributed by atoms with E-state index in [2.05, 4.69) is 0 Å². The van der Waals surface area contributed by atoms with E-state index in [1.165, 1.54) is 4.90 Å². The highest BCUT2D eigenvalue weighted by Gasteiger charge is 2.03. The van der Waals surface area contributed by atoms with Gasteiger partial charge in [0.1, 0.15) is 0 Å². The topological polar surface area (TPSA) is 46.3 Å². The van der Waals surface area contributed by atoms with Crippen LogP contribution < -0.4 is 5.73 Å². The van der Waals surface area contributed by atoms with Crippen LogP contribution in [0.1, 0.15) is 20.3 Å². The van der Waals surface area contributed by atoms with E-state index in [9.17, 15) is 4.79 Å². The van der Waals surface area contributed by atoms with Crippen LogP contribution in [0.3, 0.4) is 0 Å². The molecule has 0 bridgehead atoms. The van der Waals surface area contributed by atoms with Crippen molar-refractivity contribution in [3.05, 3.63) is 6.54 Å². The van der Waals surface area contributed by atoms with Crippen molar-refractivity contribution in [2.45, 2.75) is 20.3 Å². The van der Waals surface area contributed by atoms with E-state index in [0.29, 0.717) is 6.54 Å². The smallest absolute Gasteiger partial charge is 0.315 e. The van der Waals surface area contributed by atoms with E-state index < -0.39 is 0 Å². The van der Waals surface area contributed by atoms with Gasteiger partial charge in [-0.15, -0.1) is 0 Å². The summed E-state index contributed by atoms with van der Waals surface area (Å²) in [6.07, 6.45) is 0.844. The summed E-state index contributed by atoms with van der Waals surface area (Å²) in [5.41, 5.74) is 4.99. The molecule has 2 amide bonds. The van der Waals surface area contributed by atoms with E-state index in [1.807, 2.05) is 13.8 Å². The van der Waals surface area contributed by atoms with Crippen LogP contribution >= 0.6 is 0 Å². The van der Waals surface area contributed by atoms with Crippen LogP contribution in [0.15, 0.2) is 0 Å². The lowest BCUT2D eigenvalue weighted by molar-refractivity contribution is 0.220. The summed E-state index contributed by atoms with van der Waals surface area (Å²) in [4.78, 5) is 11.9. The Balaban J connectivity index is 3.54. The molecule has 0 unspecified atom stereocenters. The third-order valence-electron chi connectivity index (χ3n) is 1.03. The highest BCUT2D eigenvalue weighted by molar-refractivity contribution is 5.72. The number of carbonyl (C=O) groups is 1. The lowest BCUT2D eigenvalue weighted by atomic mass is 10.4. The first kappa shape index (κ1) is 8.27. The van der Waals surface area contributed by atoms with Gasteiger partial charge in [0, 0.05) is 6.54 Å². The highest BCUT2D eigenvalue weighted by Crippen LogP contribution is 1.94. The number of primary amides is 1. The second-order valence-corrected chi connectivity index (χ2v) is 1.72. The third-order valence-corrected chi connectivity index (χ3v) is 1.03. The SMILES string of the molecule is CC[CH]N(CC)C(N)=O. The van der Waals surface area contributed by atoms with Gasteiger partial charge in [0.15, 0.2) is 0 Å². The zero-order chi connectivity index (χ0) is 7.28. The first-order chi connectivity index (χ1) is 4.22. The Morgan fingerprint density at radius 2 is 2.22 bits per heavy atom. The highest BCUT2D eigenvalue weighted by atomic mass is 16.2. The molecule has 3 heteroatoms. The number of carbonyl (C=O) groups excluding carboxylic acids is 1. The van der Waals surface area contributed by atoms with E-state index in [-0.39, 0.29) is 6.03 Å². The monoisotopic (exact) mass is 129 g/mol. The summed E-state index contributed by atoms with van der Waals surface area (Å²) < 4.78 is 0. The van der Waals surface area contributed by atoms with E-state index >= 15 is 0 Å². The normalized spacial score (nSPS) is 9.11. The minimum atomic E-state index is -0.376. The number of rotatable bonds is 3. The van der Waals surface area contributed by atoms with Crippen molar-refractivity contribution in [3.63, 3.8) is 0 Å². The van der Waals surface area contributed by atoms with Gasteiger partial charge < -0.3 is 10.6 Å². The van der Waals surface area contributed by atoms with Gasteiger partial charge >= 0.3 is 6.03 Å². The first-order valence-electron chi connectivity index (χ1n) is 3.11. The molecule has 0 aromatic rings. The Hall–Kier alpha value is -0.730. The van der Waals surface area contributed by atoms with Crippen molar-refractivity contribution in [1.82, 2.24) is 4.90 Å². The van der Waals surface area contributed by atoms with Crippen molar-refractivity contribution >= 4 is 6.03 Å². The van der Waals surface area contributed by atoms with E-state index in [0.717, 1.165) is 6.42 Å². The summed E-state index contributed by atoms with van der Waals surface area (Å²) in [5, 5.41) is 0. The molecular weight excluding hydrogens is 116 g/mol. The van der Waals surface area contributed by atoms with Crippen LogP contribution in [0.2, 0.25) is 0 Å². The zero-order valence-electron chi connectivity index (χ0n) is 5.92. The molecule has 0 aromatic carbocycles. The summed E-state index contributed by atoms with van der Waals surface area (Å²) in [7, 11) is 0. The Morgan fingerprint density at radius 1 is 1.67 bits per heavy atom. The Morgan fingerprint density at radius 3 is 2.33 bits per heavy atom. The maximum atomic E-state index is 10.4. The van der Waals surface area contributed by atoms with Crippen molar-refractivity contribution < 1.29 is 4.79 Å². The van der Waals surface area contributed by atoms with Gasteiger partial charge in [-0.1, -0.05) is 6.92 Å². The van der Waals surface area contributed by atoms with Crippen LogP contribution in [-0.4, -0.2) is 17.5 Å². The molecular formula is C6H13N2O. The molecule has 0 heterocycles. The summed E-state index contributed by atoms with van der Waals surface area (Å²) in [6, 6.07) is -0.376. The maximum Gasteiger partial charge on any atom is 0.315 e. The van der Waals surface area contributed by atoms with E-state index in [1.54, 1.807) is 6.54 Å². The Labute approximate surface area is 55.8 Å². The maximum absolute atomic E-state index is 10.4. The van der Waals surface area contributed by atoms with E-state index in [4.69, 9.17) is 5.73 Å². The number of hydrogen-bond acceptors (Lipinski definition) is 1. The van der Waals surface area contributed by atoms with Crippen molar-refractivity contribution in [3.8, 4) is 0 Å². The van der Waals surface area contributed by atoms with Gasteiger partial charge in [-0.3, -0.25) is 0 Å². The Kier molecular flexibility index (Phi) is 3.84. The molecule has 9 heavy (non-hydrogen) atoms. The molecule has 0 fully saturated rings. The number of hydrogen-bond donors (Lipinski definition) is 1. The molecule has 0 aliphatic carbocycles. The van der Waals surface area contributed by atoms with Gasteiger partial charge in [-0.05, 0) is 13.3 Å². The average Bonchev–Trinajstić information content (AvgIpc) is 1.82. The lowest BCUT2D eigenvalue weighted by Crippen LogP contribution is -2.33. The molecule has 1 radical (unpaired) electrons. The standard InChI is InChI=1S/C6H13N2O/c1-3-5-8(4-2)6(7)9/h5H,3-4H2,1-2H3,(H2,7,9). The minimum Gasteiger partial charge on any atom is -0.351 e. The van der Waals surface area contributed by atoms with Gasteiger partial charge in [0.05, 0.1) is 6.54 Å². The van der Waals surface area contributed by atoms with Gasteiger partial charge in [0.2, 0.25) is 0 Å².